The van der Waals surface area contributed by atoms with E-state index in [9.17, 15) is 9.59 Å². The summed E-state index contributed by atoms with van der Waals surface area (Å²) >= 11 is 4.80. The molecule has 2 aromatic rings. The minimum Gasteiger partial charge on any atom is -0.300 e. The molecule has 1 aromatic carbocycles. The molecule has 126 valence electrons. The van der Waals surface area contributed by atoms with Crippen LogP contribution >= 0.6 is 27.3 Å². The lowest BCUT2D eigenvalue weighted by Gasteiger charge is -2.28. The molecular weight excluding hydrogens is 390 g/mol. The zero-order chi connectivity index (χ0) is 17.3. The Balaban J connectivity index is 1.91. The van der Waals surface area contributed by atoms with Gasteiger partial charge < -0.3 is 5.32 Å². The zero-order valence-corrected chi connectivity index (χ0v) is 15.9. The number of halogens is 1. The molecule has 0 saturated carbocycles. The molecule has 7 heteroatoms. The first-order chi connectivity index (χ1) is 11.5. The van der Waals surface area contributed by atoms with Crippen LogP contribution < -0.4 is 10.2 Å². The van der Waals surface area contributed by atoms with E-state index in [0.717, 1.165) is 15.7 Å². The number of fused-ring (bicyclic) bond motifs is 1. The second-order valence-electron chi connectivity index (χ2n) is 6.19. The minimum atomic E-state index is -0.538. The highest BCUT2D eigenvalue weighted by Gasteiger charge is 2.37. The standard InChI is InChI=1S/C17H18BrN3O2S/c1-10(2)7-14(16(23)20-17-19-5-6-24-17)21-13-4-3-12(18)8-11(13)9-15(21)22/h3-6,8,10,14H,7,9H2,1-2H3,(H,19,20,23). The molecule has 0 aliphatic carbocycles. The normalized spacial score (nSPS) is 14.8. The lowest BCUT2D eigenvalue weighted by Crippen LogP contribution is -2.46. The first-order valence-electron chi connectivity index (χ1n) is 7.76. The van der Waals surface area contributed by atoms with Crippen LogP contribution in [0.15, 0.2) is 34.2 Å². The second-order valence-corrected chi connectivity index (χ2v) is 8.00. The van der Waals surface area contributed by atoms with E-state index in [1.807, 2.05) is 32.0 Å². The molecule has 24 heavy (non-hydrogen) atoms. The number of nitrogens with one attached hydrogen (secondary N) is 1. The lowest BCUT2D eigenvalue weighted by atomic mass is 10.0. The second kappa shape index (κ2) is 7.03. The average Bonchev–Trinajstić information content (AvgIpc) is 3.11. The Kier molecular flexibility index (Phi) is 5.01. The van der Waals surface area contributed by atoms with E-state index in [1.165, 1.54) is 11.3 Å². The molecule has 2 heterocycles. The Labute approximate surface area is 153 Å². The molecule has 0 radical (unpaired) electrons. The third-order valence-corrected chi connectivity index (χ3v) is 5.06. The van der Waals surface area contributed by atoms with Crippen LogP contribution in [0.25, 0.3) is 0 Å². The van der Waals surface area contributed by atoms with Crippen LogP contribution in [0.1, 0.15) is 25.8 Å². The number of thiazole rings is 1. The first kappa shape index (κ1) is 17.1. The smallest absolute Gasteiger partial charge is 0.249 e. The number of aromatic nitrogens is 1. The summed E-state index contributed by atoms with van der Waals surface area (Å²) in [7, 11) is 0. The molecular formula is C17H18BrN3O2S. The zero-order valence-electron chi connectivity index (χ0n) is 13.5. The predicted octanol–water partition coefficient (Wildman–Crippen LogP) is 3.85. The van der Waals surface area contributed by atoms with Crippen LogP contribution in [0.4, 0.5) is 10.8 Å². The fourth-order valence-corrected chi connectivity index (χ4v) is 3.85. The van der Waals surface area contributed by atoms with Crippen LogP contribution in [0, 0.1) is 5.92 Å². The summed E-state index contributed by atoms with van der Waals surface area (Å²) in [5.74, 6) is 0.0511. The van der Waals surface area contributed by atoms with Crippen molar-refractivity contribution in [1.82, 2.24) is 4.98 Å². The molecule has 3 rings (SSSR count). The van der Waals surface area contributed by atoms with E-state index < -0.39 is 6.04 Å². The van der Waals surface area contributed by atoms with Crippen molar-refractivity contribution in [2.24, 2.45) is 5.92 Å². The maximum Gasteiger partial charge on any atom is 0.249 e. The Morgan fingerprint density at radius 2 is 2.25 bits per heavy atom. The molecule has 5 nitrogen and oxygen atoms in total. The third-order valence-electron chi connectivity index (χ3n) is 3.88. The van der Waals surface area contributed by atoms with Crippen molar-refractivity contribution < 1.29 is 9.59 Å². The van der Waals surface area contributed by atoms with E-state index in [0.29, 0.717) is 18.0 Å². The average molecular weight is 408 g/mol. The highest BCUT2D eigenvalue weighted by molar-refractivity contribution is 9.10. The molecule has 1 N–H and O–H groups in total. The quantitative estimate of drug-likeness (QED) is 0.818. The summed E-state index contributed by atoms with van der Waals surface area (Å²) in [5, 5.41) is 5.19. The molecule has 1 aliphatic heterocycles. The number of amides is 2. The van der Waals surface area contributed by atoms with Gasteiger partial charge in [-0.15, -0.1) is 11.3 Å². The van der Waals surface area contributed by atoms with Crippen LogP contribution in [-0.2, 0) is 16.0 Å². The van der Waals surface area contributed by atoms with Gasteiger partial charge in [0.25, 0.3) is 0 Å². The van der Waals surface area contributed by atoms with Gasteiger partial charge in [0.05, 0.1) is 6.42 Å². The van der Waals surface area contributed by atoms with Gasteiger partial charge in [0.15, 0.2) is 5.13 Å². The fourth-order valence-electron chi connectivity index (χ4n) is 2.90. The van der Waals surface area contributed by atoms with Gasteiger partial charge in [-0.05, 0) is 36.1 Å². The van der Waals surface area contributed by atoms with Crippen LogP contribution in [0.5, 0.6) is 0 Å². The summed E-state index contributed by atoms with van der Waals surface area (Å²) in [6.07, 6.45) is 2.57. The van der Waals surface area contributed by atoms with E-state index in [1.54, 1.807) is 16.5 Å². The van der Waals surface area contributed by atoms with Crippen molar-refractivity contribution in [3.8, 4) is 0 Å². The van der Waals surface area contributed by atoms with Gasteiger partial charge in [-0.25, -0.2) is 4.98 Å². The molecule has 1 aliphatic rings. The fraction of sp³-hybridized carbons (Fsp3) is 0.353. The van der Waals surface area contributed by atoms with Crippen molar-refractivity contribution >= 4 is 49.9 Å². The Hall–Kier alpha value is -1.73. The summed E-state index contributed by atoms with van der Waals surface area (Å²) in [6.45, 7) is 4.10. The topological polar surface area (TPSA) is 62.3 Å². The largest absolute Gasteiger partial charge is 0.300 e. The molecule has 1 aromatic heterocycles. The van der Waals surface area contributed by atoms with Crippen molar-refractivity contribution in [2.75, 3.05) is 10.2 Å². The number of anilines is 2. The summed E-state index contributed by atoms with van der Waals surface area (Å²) < 4.78 is 0.934. The van der Waals surface area contributed by atoms with Crippen molar-refractivity contribution in [3.05, 3.63) is 39.8 Å². The molecule has 0 spiro atoms. The van der Waals surface area contributed by atoms with Crippen molar-refractivity contribution in [2.45, 2.75) is 32.7 Å². The SMILES string of the molecule is CC(C)CC(C(=O)Nc1nccs1)N1C(=O)Cc2cc(Br)ccc21. The predicted molar refractivity (Wildman–Crippen MR) is 99.3 cm³/mol. The highest BCUT2D eigenvalue weighted by atomic mass is 79.9. The van der Waals surface area contributed by atoms with Crippen molar-refractivity contribution in [3.63, 3.8) is 0 Å². The number of benzene rings is 1. The summed E-state index contributed by atoms with van der Waals surface area (Å²) in [5.41, 5.74) is 1.77. The molecule has 1 unspecified atom stereocenters. The number of hydrogen-bond acceptors (Lipinski definition) is 4. The summed E-state index contributed by atoms with van der Waals surface area (Å²) in [4.78, 5) is 31.1. The number of hydrogen-bond donors (Lipinski definition) is 1. The third kappa shape index (κ3) is 3.52. The highest BCUT2D eigenvalue weighted by Crippen LogP contribution is 2.34. The number of carbonyl (C=O) groups excluding carboxylic acids is 2. The van der Waals surface area contributed by atoms with Gasteiger partial charge in [0, 0.05) is 21.7 Å². The maximum absolute atomic E-state index is 12.8. The monoisotopic (exact) mass is 407 g/mol. The van der Waals surface area contributed by atoms with Crippen LogP contribution in [0.3, 0.4) is 0 Å². The molecule has 0 saturated heterocycles. The molecule has 0 fully saturated rings. The van der Waals surface area contributed by atoms with Crippen LogP contribution in [-0.4, -0.2) is 22.8 Å². The van der Waals surface area contributed by atoms with E-state index in [2.05, 4.69) is 26.2 Å². The maximum atomic E-state index is 12.8. The lowest BCUT2D eigenvalue weighted by molar-refractivity contribution is -0.123. The Morgan fingerprint density at radius 1 is 1.46 bits per heavy atom. The number of nitrogens with zero attached hydrogens (tertiary/aromatic N) is 2. The minimum absolute atomic E-state index is 0.0389. The van der Waals surface area contributed by atoms with Gasteiger partial charge in [-0.1, -0.05) is 29.8 Å². The first-order valence-corrected chi connectivity index (χ1v) is 9.44. The molecule has 1 atom stereocenters. The Morgan fingerprint density at radius 3 is 2.92 bits per heavy atom. The summed E-state index contributed by atoms with van der Waals surface area (Å²) in [6, 6.07) is 5.20. The van der Waals surface area contributed by atoms with Gasteiger partial charge >= 0.3 is 0 Å². The Bertz CT molecular complexity index is 761. The van der Waals surface area contributed by atoms with Gasteiger partial charge in [0.2, 0.25) is 11.8 Å². The van der Waals surface area contributed by atoms with Gasteiger partial charge in [-0.3, -0.25) is 14.5 Å². The number of carbonyl (C=O) groups is 2. The molecule has 0 bridgehead atoms. The van der Waals surface area contributed by atoms with Crippen LogP contribution in [0.2, 0.25) is 0 Å². The number of rotatable bonds is 5. The van der Waals surface area contributed by atoms with Crippen molar-refractivity contribution in [1.29, 1.82) is 0 Å². The van der Waals surface area contributed by atoms with E-state index in [-0.39, 0.29) is 17.7 Å². The van der Waals surface area contributed by atoms with Gasteiger partial charge in [-0.2, -0.15) is 0 Å². The van der Waals surface area contributed by atoms with E-state index in [4.69, 9.17) is 0 Å². The van der Waals surface area contributed by atoms with Gasteiger partial charge in [0.1, 0.15) is 6.04 Å². The molecule has 2 amide bonds. The van der Waals surface area contributed by atoms with E-state index >= 15 is 0 Å².